The summed E-state index contributed by atoms with van der Waals surface area (Å²) in [6, 6.07) is 11.5. The van der Waals surface area contributed by atoms with Crippen LogP contribution in [-0.4, -0.2) is 79.2 Å². The number of anilines is 1. The van der Waals surface area contributed by atoms with E-state index >= 15 is 0 Å². The van der Waals surface area contributed by atoms with E-state index in [1.807, 2.05) is 0 Å². The van der Waals surface area contributed by atoms with Gasteiger partial charge >= 0.3 is 5.97 Å². The first-order valence-electron chi connectivity index (χ1n) is 10.8. The van der Waals surface area contributed by atoms with Gasteiger partial charge in [0.1, 0.15) is 12.4 Å². The van der Waals surface area contributed by atoms with Crippen molar-refractivity contribution in [1.82, 2.24) is 9.80 Å². The number of nitrogens with zero attached hydrogens (tertiary/aromatic N) is 2. The minimum atomic E-state index is -1.45. The molecule has 34 heavy (non-hydrogen) atoms. The predicted octanol–water partition coefficient (Wildman–Crippen LogP) is 2.18. The van der Waals surface area contributed by atoms with Crippen molar-refractivity contribution in [2.45, 2.75) is 24.1 Å². The molecule has 1 unspecified atom stereocenters. The number of fused-ring (bicyclic) bond motifs is 1. The lowest BCUT2D eigenvalue weighted by molar-refractivity contribution is -0.144. The van der Waals surface area contributed by atoms with E-state index in [1.165, 1.54) is 12.0 Å². The van der Waals surface area contributed by atoms with Crippen LogP contribution < -0.4 is 10.1 Å². The molecule has 2 aromatic carbocycles. The smallest absolute Gasteiger partial charge is 0.329 e. The van der Waals surface area contributed by atoms with Gasteiger partial charge in [0.15, 0.2) is 5.54 Å². The monoisotopic (exact) mass is 487 g/mol. The van der Waals surface area contributed by atoms with Gasteiger partial charge in [-0.15, -0.1) is 0 Å². The Labute approximate surface area is 202 Å². The normalized spacial score (nSPS) is 23.9. The third-order valence-electron chi connectivity index (χ3n) is 6.31. The number of likely N-dealkylation sites (N-methyl/N-ethyl adjacent to an activating group) is 1. The molecule has 2 amide bonds. The van der Waals surface area contributed by atoms with Crippen LogP contribution in [-0.2, 0) is 24.7 Å². The first-order chi connectivity index (χ1) is 16.2. The van der Waals surface area contributed by atoms with E-state index in [4.69, 9.17) is 26.2 Å². The van der Waals surface area contributed by atoms with Gasteiger partial charge in [-0.1, -0.05) is 29.8 Å². The highest BCUT2D eigenvalue weighted by Crippen LogP contribution is 2.51. The largest absolute Gasteiger partial charge is 0.496 e. The second-order valence-corrected chi connectivity index (χ2v) is 8.95. The van der Waals surface area contributed by atoms with Crippen LogP contribution in [0.4, 0.5) is 5.69 Å². The number of ether oxygens (including phenoxy) is 2. The number of carboxylic acids is 1. The number of likely N-dealkylation sites (tertiary alicyclic amines) is 1. The Balaban J connectivity index is 1.95. The second-order valence-electron chi connectivity index (χ2n) is 8.52. The Morgan fingerprint density at radius 3 is 2.65 bits per heavy atom. The van der Waals surface area contributed by atoms with E-state index in [9.17, 15) is 14.4 Å². The van der Waals surface area contributed by atoms with Crippen molar-refractivity contribution in [3.8, 4) is 5.75 Å². The third-order valence-corrected chi connectivity index (χ3v) is 6.54. The lowest BCUT2D eigenvalue weighted by Gasteiger charge is -2.41. The Morgan fingerprint density at radius 2 is 1.97 bits per heavy atom. The molecule has 180 valence electrons. The van der Waals surface area contributed by atoms with Crippen molar-refractivity contribution in [3.63, 3.8) is 0 Å². The van der Waals surface area contributed by atoms with Gasteiger partial charge in [0, 0.05) is 42.5 Å². The van der Waals surface area contributed by atoms with E-state index in [0.717, 1.165) is 0 Å². The van der Waals surface area contributed by atoms with Crippen LogP contribution in [0.25, 0.3) is 0 Å². The molecule has 2 N–H and O–H groups in total. The van der Waals surface area contributed by atoms with Gasteiger partial charge in [0.05, 0.1) is 19.3 Å². The highest BCUT2D eigenvalue weighted by molar-refractivity contribution is 6.31. The van der Waals surface area contributed by atoms with Crippen molar-refractivity contribution in [2.24, 2.45) is 0 Å². The average Bonchev–Trinajstić information content (AvgIpc) is 3.35. The van der Waals surface area contributed by atoms with E-state index < -0.39 is 30.3 Å². The van der Waals surface area contributed by atoms with Crippen molar-refractivity contribution < 1.29 is 29.0 Å². The number of carbonyl (C=O) groups is 3. The van der Waals surface area contributed by atoms with Crippen LogP contribution in [0.2, 0.25) is 5.02 Å². The Hall–Kier alpha value is -3.14. The number of methoxy groups -OCH3 is 1. The van der Waals surface area contributed by atoms with Crippen LogP contribution in [0.1, 0.15) is 17.5 Å². The standard InChI is InChI=1S/C24H26ClN3O6/c1-27(2)22(31)19-11-15(34-13-21(29)30)12-28(19)24(16-6-4-5-7-20(16)33-3)17-10-14(25)8-9-18(17)26-23(24)32/h4-10,15,19H,11-13H2,1-3H3,(H,26,32)(H,29,30)/t15-,19+,24?/m1/s1. The van der Waals surface area contributed by atoms with E-state index in [2.05, 4.69) is 5.32 Å². The number of benzene rings is 2. The van der Waals surface area contributed by atoms with E-state index in [1.54, 1.807) is 61.5 Å². The molecular formula is C24H26ClN3O6. The fraction of sp³-hybridized carbons (Fsp3) is 0.375. The summed E-state index contributed by atoms with van der Waals surface area (Å²) in [6.45, 7) is -0.355. The van der Waals surface area contributed by atoms with Crippen LogP contribution >= 0.6 is 11.6 Å². The molecule has 1 fully saturated rings. The minimum Gasteiger partial charge on any atom is -0.496 e. The number of hydrogen-bond donors (Lipinski definition) is 2. The first kappa shape index (κ1) is 24.0. The van der Waals surface area contributed by atoms with Crippen molar-refractivity contribution in [3.05, 3.63) is 58.6 Å². The number of hydrogen-bond acceptors (Lipinski definition) is 6. The molecule has 2 heterocycles. The van der Waals surface area contributed by atoms with Gasteiger partial charge in [0.25, 0.3) is 5.91 Å². The molecule has 0 saturated carbocycles. The lowest BCUT2D eigenvalue weighted by atomic mass is 9.80. The number of rotatable bonds is 7. The van der Waals surface area contributed by atoms with E-state index in [-0.39, 0.29) is 24.8 Å². The number of carbonyl (C=O) groups excluding carboxylic acids is 2. The van der Waals surface area contributed by atoms with Gasteiger partial charge in [0.2, 0.25) is 5.91 Å². The summed E-state index contributed by atoms with van der Waals surface area (Å²) in [5, 5.41) is 12.5. The van der Waals surface area contributed by atoms with Crippen LogP contribution in [0.5, 0.6) is 5.75 Å². The first-order valence-corrected chi connectivity index (χ1v) is 11.1. The summed E-state index contributed by atoms with van der Waals surface area (Å²) in [4.78, 5) is 41.6. The maximum Gasteiger partial charge on any atom is 0.329 e. The second kappa shape index (κ2) is 9.25. The predicted molar refractivity (Wildman–Crippen MR) is 125 cm³/mol. The number of amides is 2. The highest BCUT2D eigenvalue weighted by atomic mass is 35.5. The van der Waals surface area contributed by atoms with Crippen molar-refractivity contribution in [1.29, 1.82) is 0 Å². The number of para-hydroxylation sites is 1. The average molecular weight is 488 g/mol. The molecule has 1 saturated heterocycles. The summed E-state index contributed by atoms with van der Waals surface area (Å²) in [5.41, 5.74) is 0.257. The zero-order chi connectivity index (χ0) is 24.6. The van der Waals surface area contributed by atoms with Gasteiger partial charge in [-0.05, 0) is 30.7 Å². The summed E-state index contributed by atoms with van der Waals surface area (Å²) in [7, 11) is 4.80. The molecule has 10 heteroatoms. The number of aliphatic carboxylic acids is 1. The molecule has 2 aromatic rings. The van der Waals surface area contributed by atoms with Gasteiger partial charge in [-0.2, -0.15) is 0 Å². The van der Waals surface area contributed by atoms with Gasteiger partial charge in [-0.3, -0.25) is 14.5 Å². The molecular weight excluding hydrogens is 462 g/mol. The highest BCUT2D eigenvalue weighted by Gasteiger charge is 2.59. The Morgan fingerprint density at radius 1 is 1.24 bits per heavy atom. The molecule has 2 aliphatic heterocycles. The molecule has 4 rings (SSSR count). The maximum atomic E-state index is 13.9. The molecule has 0 radical (unpaired) electrons. The summed E-state index contributed by atoms with van der Waals surface area (Å²) in [5.74, 6) is -1.22. The van der Waals surface area contributed by atoms with Crippen molar-refractivity contribution in [2.75, 3.05) is 39.7 Å². The molecule has 0 aromatic heterocycles. The third kappa shape index (κ3) is 3.89. The lowest BCUT2D eigenvalue weighted by Crippen LogP contribution is -2.57. The SMILES string of the molecule is COc1ccccc1C1(N2C[C@H](OCC(=O)O)C[C@H]2C(=O)N(C)C)C(=O)Nc2ccc(Cl)cc21. The quantitative estimate of drug-likeness (QED) is 0.616. The zero-order valence-electron chi connectivity index (χ0n) is 19.1. The molecule has 3 atom stereocenters. The van der Waals surface area contributed by atoms with Crippen LogP contribution in [0.15, 0.2) is 42.5 Å². The Bertz CT molecular complexity index is 1140. The maximum absolute atomic E-state index is 13.9. The molecule has 0 aliphatic carbocycles. The fourth-order valence-corrected chi connectivity index (χ4v) is 5.09. The number of carboxylic acid groups (broad SMARTS) is 1. The topological polar surface area (TPSA) is 108 Å². The van der Waals surface area contributed by atoms with Crippen LogP contribution in [0, 0.1) is 0 Å². The fourth-order valence-electron chi connectivity index (χ4n) is 4.92. The van der Waals surface area contributed by atoms with E-state index in [0.29, 0.717) is 27.6 Å². The minimum absolute atomic E-state index is 0.148. The molecule has 9 nitrogen and oxygen atoms in total. The van der Waals surface area contributed by atoms with Crippen LogP contribution in [0.3, 0.4) is 0 Å². The van der Waals surface area contributed by atoms with Gasteiger partial charge < -0.3 is 24.8 Å². The number of nitrogens with one attached hydrogen (secondary N) is 1. The zero-order valence-corrected chi connectivity index (χ0v) is 19.8. The molecule has 2 aliphatic rings. The summed E-state index contributed by atoms with van der Waals surface area (Å²) >= 11 is 6.37. The summed E-state index contributed by atoms with van der Waals surface area (Å²) < 4.78 is 11.2. The van der Waals surface area contributed by atoms with Gasteiger partial charge in [-0.25, -0.2) is 4.79 Å². The molecule has 0 bridgehead atoms. The summed E-state index contributed by atoms with van der Waals surface area (Å²) in [6.07, 6.45) is -0.350. The number of halogens is 1. The van der Waals surface area contributed by atoms with Crippen molar-refractivity contribution >= 4 is 35.1 Å². The Kier molecular flexibility index (Phi) is 6.53. The molecule has 0 spiro atoms.